The first-order valence-electron chi connectivity index (χ1n) is 19.1. The van der Waals surface area contributed by atoms with Crippen molar-refractivity contribution in [2.45, 2.75) is 0 Å². The van der Waals surface area contributed by atoms with Gasteiger partial charge in [0, 0.05) is 12.1 Å². The lowest BCUT2D eigenvalue weighted by Gasteiger charge is -2.11. The summed E-state index contributed by atoms with van der Waals surface area (Å²) in [6.45, 7) is 0. The third-order valence-electron chi connectivity index (χ3n) is 9.34. The molecule has 0 N–H and O–H groups in total. The molecule has 58 heavy (non-hydrogen) atoms. The van der Waals surface area contributed by atoms with Crippen LogP contribution in [0.15, 0.2) is 237 Å². The fraction of sp³-hybridized carbons (Fsp3) is 0. The lowest BCUT2D eigenvalue weighted by Crippen LogP contribution is -1.87. The molecule has 9 aromatic rings. The molecule has 0 atom stereocenters. The van der Waals surface area contributed by atoms with Gasteiger partial charge in [0.25, 0.3) is 0 Å². The van der Waals surface area contributed by atoms with Crippen LogP contribution in [0.3, 0.4) is 0 Å². The van der Waals surface area contributed by atoms with E-state index in [-0.39, 0.29) is 5.82 Å². The number of hydrogen-bond donors (Lipinski definition) is 0. The van der Waals surface area contributed by atoms with Crippen molar-refractivity contribution in [2.24, 2.45) is 0 Å². The lowest BCUT2D eigenvalue weighted by molar-refractivity contribution is 0.460. The maximum Gasteiger partial charge on any atom is 0.131 e. The number of hydrogen-bond acceptors (Lipinski definition) is 3. The molecular weight excluding hydrogens is 716 g/mol. The van der Waals surface area contributed by atoms with Crippen LogP contribution < -0.4 is 14.2 Å². The van der Waals surface area contributed by atoms with E-state index in [0.717, 1.165) is 34.1 Å². The summed E-state index contributed by atoms with van der Waals surface area (Å²) in [6, 6.07) is 77.7. The highest BCUT2D eigenvalue weighted by Crippen LogP contribution is 2.33. The van der Waals surface area contributed by atoms with Crippen molar-refractivity contribution in [1.82, 2.24) is 0 Å². The minimum absolute atomic E-state index is 0.293. The normalized spacial score (nSPS) is 10.5. The molecule has 9 rings (SSSR count). The topological polar surface area (TPSA) is 27.7 Å². The second kappa shape index (κ2) is 18.3. The van der Waals surface area contributed by atoms with E-state index in [4.69, 9.17) is 14.2 Å². The van der Waals surface area contributed by atoms with E-state index in [9.17, 15) is 4.39 Å². The van der Waals surface area contributed by atoms with Crippen LogP contribution in [-0.2, 0) is 0 Å². The van der Waals surface area contributed by atoms with Gasteiger partial charge in [-0.05, 0) is 123 Å². The molecular formula is C54H39FO3. The third-order valence-corrected chi connectivity index (χ3v) is 9.34. The average Bonchev–Trinajstić information content (AvgIpc) is 3.28. The Morgan fingerprint density at radius 2 is 0.500 bits per heavy atom. The van der Waals surface area contributed by atoms with E-state index in [0.29, 0.717) is 11.5 Å². The predicted molar refractivity (Wildman–Crippen MR) is 234 cm³/mol. The van der Waals surface area contributed by atoms with Gasteiger partial charge in [0.05, 0.1) is 0 Å². The fourth-order valence-corrected chi connectivity index (χ4v) is 6.50. The first-order valence-corrected chi connectivity index (χ1v) is 19.1. The summed E-state index contributed by atoms with van der Waals surface area (Å²) in [5.41, 5.74) is 9.50. The Hall–Kier alpha value is -7.69. The van der Waals surface area contributed by atoms with E-state index in [1.54, 1.807) is 12.1 Å². The van der Waals surface area contributed by atoms with Gasteiger partial charge in [-0.3, -0.25) is 0 Å². The van der Waals surface area contributed by atoms with Gasteiger partial charge in [-0.1, -0.05) is 146 Å². The molecule has 0 heterocycles. The Bertz CT molecular complexity index is 2700. The molecule has 0 amide bonds. The van der Waals surface area contributed by atoms with Crippen molar-refractivity contribution < 1.29 is 18.6 Å². The Kier molecular flexibility index (Phi) is 11.7. The minimum atomic E-state index is -0.293. The molecule has 0 aromatic heterocycles. The molecule has 0 aliphatic rings. The number of rotatable bonds is 10. The van der Waals surface area contributed by atoms with Crippen molar-refractivity contribution in [3.63, 3.8) is 0 Å². The molecule has 0 fully saturated rings. The average molecular weight is 755 g/mol. The predicted octanol–water partition coefficient (Wildman–Crippen LogP) is 15.6. The molecule has 280 valence electrons. The highest BCUT2D eigenvalue weighted by Gasteiger charge is 2.08. The summed E-state index contributed by atoms with van der Waals surface area (Å²) in [6.07, 6.45) is 0. The molecule has 0 aliphatic heterocycles. The Labute approximate surface area is 338 Å². The molecule has 0 spiro atoms. The van der Waals surface area contributed by atoms with E-state index >= 15 is 0 Å². The zero-order valence-corrected chi connectivity index (χ0v) is 31.6. The van der Waals surface area contributed by atoms with Crippen LogP contribution in [0.5, 0.6) is 34.5 Å². The van der Waals surface area contributed by atoms with Crippen molar-refractivity contribution in [3.8, 4) is 79.0 Å². The van der Waals surface area contributed by atoms with E-state index in [2.05, 4.69) is 115 Å². The van der Waals surface area contributed by atoms with Gasteiger partial charge in [0.1, 0.15) is 40.3 Å². The fourth-order valence-electron chi connectivity index (χ4n) is 6.50. The van der Waals surface area contributed by atoms with Crippen molar-refractivity contribution in [3.05, 3.63) is 242 Å². The summed E-state index contributed by atoms with van der Waals surface area (Å²) >= 11 is 0. The summed E-state index contributed by atoms with van der Waals surface area (Å²) < 4.78 is 30.3. The van der Waals surface area contributed by atoms with Crippen LogP contribution in [-0.4, -0.2) is 0 Å². The quantitative estimate of drug-likeness (QED) is 0.139. The molecule has 0 aliphatic carbocycles. The molecule has 4 heteroatoms. The van der Waals surface area contributed by atoms with Crippen LogP contribution in [0.4, 0.5) is 4.39 Å². The summed E-state index contributed by atoms with van der Waals surface area (Å²) in [5.74, 6) is 3.94. The molecule has 3 nitrogen and oxygen atoms in total. The second-order valence-corrected chi connectivity index (χ2v) is 13.5. The summed E-state index contributed by atoms with van der Waals surface area (Å²) in [7, 11) is 0. The molecule has 0 bridgehead atoms. The van der Waals surface area contributed by atoms with Gasteiger partial charge in [-0.2, -0.15) is 0 Å². The highest BCUT2D eigenvalue weighted by molar-refractivity contribution is 5.79. The van der Waals surface area contributed by atoms with Gasteiger partial charge in [0.15, 0.2) is 0 Å². The van der Waals surface area contributed by atoms with Gasteiger partial charge in [-0.25, -0.2) is 4.39 Å². The standard InChI is InChI=1S/C42H30O2.C12H9FO/c1-3-11-31(12-4-1)33-13-7-15-35(27-33)37-17-9-18-38(29-37)36-16-8-14-34(28-36)32-23-25-40(26-24-32)44-42-22-10-21-41(30-42)43-39-19-5-2-6-20-39;13-10-5-4-8-12(9-10)14-11-6-2-1-3-7-11/h1-30H;1-9H. The number of halogens is 1. The molecule has 0 radical (unpaired) electrons. The lowest BCUT2D eigenvalue weighted by atomic mass is 9.95. The maximum absolute atomic E-state index is 12.8. The zero-order chi connectivity index (χ0) is 39.4. The first kappa shape index (κ1) is 37.2. The van der Waals surface area contributed by atoms with E-state index in [1.165, 1.54) is 45.5 Å². The van der Waals surface area contributed by atoms with Gasteiger partial charge < -0.3 is 14.2 Å². The van der Waals surface area contributed by atoms with Crippen LogP contribution in [0.1, 0.15) is 0 Å². The Morgan fingerprint density at radius 1 is 0.207 bits per heavy atom. The smallest absolute Gasteiger partial charge is 0.131 e. The number of para-hydroxylation sites is 2. The second-order valence-electron chi connectivity index (χ2n) is 13.5. The Morgan fingerprint density at radius 3 is 0.931 bits per heavy atom. The van der Waals surface area contributed by atoms with Crippen LogP contribution >= 0.6 is 0 Å². The van der Waals surface area contributed by atoms with Gasteiger partial charge in [0.2, 0.25) is 0 Å². The minimum Gasteiger partial charge on any atom is -0.457 e. The maximum atomic E-state index is 12.8. The van der Waals surface area contributed by atoms with Crippen molar-refractivity contribution >= 4 is 0 Å². The molecule has 0 unspecified atom stereocenters. The highest BCUT2D eigenvalue weighted by atomic mass is 19.1. The zero-order valence-electron chi connectivity index (χ0n) is 31.6. The Balaban J connectivity index is 0.000000283. The van der Waals surface area contributed by atoms with Crippen molar-refractivity contribution in [1.29, 1.82) is 0 Å². The van der Waals surface area contributed by atoms with Crippen LogP contribution in [0, 0.1) is 5.82 Å². The summed E-state index contributed by atoms with van der Waals surface area (Å²) in [5, 5.41) is 0. The van der Waals surface area contributed by atoms with Crippen molar-refractivity contribution in [2.75, 3.05) is 0 Å². The van der Waals surface area contributed by atoms with Gasteiger partial charge >= 0.3 is 0 Å². The molecule has 9 aromatic carbocycles. The van der Waals surface area contributed by atoms with E-state index in [1.807, 2.05) is 97.1 Å². The van der Waals surface area contributed by atoms with Gasteiger partial charge in [-0.15, -0.1) is 0 Å². The monoisotopic (exact) mass is 754 g/mol. The SMILES string of the molecule is Fc1cccc(Oc2ccccc2)c1.c1ccc(Oc2cccc(Oc3ccc(-c4cccc(-c5cccc(-c6cccc(-c7ccccc7)c6)c5)c4)cc3)c2)cc1. The van der Waals surface area contributed by atoms with E-state index < -0.39 is 0 Å². The number of ether oxygens (including phenoxy) is 3. The summed E-state index contributed by atoms with van der Waals surface area (Å²) in [4.78, 5) is 0. The largest absolute Gasteiger partial charge is 0.457 e. The third kappa shape index (κ3) is 9.94. The number of benzene rings is 9. The van der Waals surface area contributed by atoms with Crippen LogP contribution in [0.2, 0.25) is 0 Å². The molecule has 0 saturated heterocycles. The first-order chi connectivity index (χ1) is 28.6. The molecule has 0 saturated carbocycles. The van der Waals surface area contributed by atoms with Crippen LogP contribution in [0.25, 0.3) is 44.5 Å².